The van der Waals surface area contributed by atoms with E-state index in [0.29, 0.717) is 17.5 Å². The molecule has 140 valence electrons. The van der Waals surface area contributed by atoms with Crippen molar-refractivity contribution >= 4 is 30.1 Å². The van der Waals surface area contributed by atoms with Gasteiger partial charge in [-0.1, -0.05) is 6.07 Å². The van der Waals surface area contributed by atoms with E-state index >= 15 is 0 Å². The number of methoxy groups -OCH3 is 2. The van der Waals surface area contributed by atoms with Gasteiger partial charge in [-0.05, 0) is 50.6 Å². The number of hydrogen-bond donors (Lipinski definition) is 0. The van der Waals surface area contributed by atoms with Crippen LogP contribution in [0.5, 0.6) is 11.5 Å². The lowest BCUT2D eigenvalue weighted by atomic mass is 10.1. The van der Waals surface area contributed by atoms with Crippen LogP contribution in [-0.4, -0.2) is 61.9 Å². The van der Waals surface area contributed by atoms with Gasteiger partial charge in [-0.3, -0.25) is 4.79 Å². The number of hydrogen-bond acceptors (Lipinski definition) is 5. The van der Waals surface area contributed by atoms with Gasteiger partial charge in [0.25, 0.3) is 0 Å². The minimum Gasteiger partial charge on any atom is -0.493 e. The van der Waals surface area contributed by atoms with Crippen LogP contribution in [0.2, 0.25) is 0 Å². The van der Waals surface area contributed by atoms with Crippen molar-refractivity contribution in [1.82, 2.24) is 9.80 Å². The molecule has 2 aliphatic heterocycles. The Balaban J connectivity index is 0.00000225. The van der Waals surface area contributed by atoms with E-state index in [2.05, 4.69) is 11.9 Å². The molecule has 25 heavy (non-hydrogen) atoms. The predicted molar refractivity (Wildman–Crippen MR) is 104 cm³/mol. The van der Waals surface area contributed by atoms with Gasteiger partial charge in [0.1, 0.15) is 5.37 Å². The SMILES string of the molecule is COc1ccc(C2SCC(=O)N2CCC2CCCN2C)cc1OC.Cl. The zero-order valence-electron chi connectivity index (χ0n) is 15.1. The third-order valence-corrected chi connectivity index (χ3v) is 6.29. The van der Waals surface area contributed by atoms with Gasteiger partial charge in [-0.25, -0.2) is 0 Å². The molecule has 1 aromatic rings. The van der Waals surface area contributed by atoms with Gasteiger partial charge < -0.3 is 19.3 Å². The molecule has 0 radical (unpaired) electrons. The zero-order valence-corrected chi connectivity index (χ0v) is 16.7. The van der Waals surface area contributed by atoms with Gasteiger partial charge in [0, 0.05) is 12.6 Å². The fourth-order valence-corrected chi connectivity index (χ4v) is 4.82. The maximum atomic E-state index is 12.4. The number of thioether (sulfide) groups is 1. The second kappa shape index (κ2) is 9.01. The highest BCUT2D eigenvalue weighted by atomic mass is 35.5. The number of rotatable bonds is 6. The molecule has 5 nitrogen and oxygen atoms in total. The molecule has 0 bridgehead atoms. The van der Waals surface area contributed by atoms with Crippen molar-refractivity contribution in [2.24, 2.45) is 0 Å². The number of carbonyl (C=O) groups excluding carboxylic acids is 1. The molecule has 1 aromatic carbocycles. The number of nitrogens with zero attached hydrogens (tertiary/aromatic N) is 2. The van der Waals surface area contributed by atoms with Crippen LogP contribution >= 0.6 is 24.2 Å². The summed E-state index contributed by atoms with van der Waals surface area (Å²) >= 11 is 1.69. The van der Waals surface area contributed by atoms with Crippen LogP contribution in [0.15, 0.2) is 18.2 Å². The van der Waals surface area contributed by atoms with Crippen LogP contribution in [0.1, 0.15) is 30.2 Å². The predicted octanol–water partition coefficient (Wildman–Crippen LogP) is 3.18. The standard InChI is InChI=1S/C18H26N2O3S.ClH/c1-19-9-4-5-14(19)8-10-20-17(21)12-24-18(20)13-6-7-15(22-2)16(11-13)23-3;/h6-7,11,14,18H,4-5,8-10,12H2,1-3H3;1H. The number of carbonyl (C=O) groups is 1. The molecule has 1 amide bonds. The monoisotopic (exact) mass is 386 g/mol. The largest absolute Gasteiger partial charge is 0.493 e. The highest BCUT2D eigenvalue weighted by molar-refractivity contribution is 8.00. The third-order valence-electron chi connectivity index (χ3n) is 5.04. The Morgan fingerprint density at radius 3 is 2.64 bits per heavy atom. The summed E-state index contributed by atoms with van der Waals surface area (Å²) in [6, 6.07) is 6.55. The van der Waals surface area contributed by atoms with E-state index < -0.39 is 0 Å². The Morgan fingerprint density at radius 2 is 2.00 bits per heavy atom. The van der Waals surface area contributed by atoms with E-state index in [1.165, 1.54) is 19.4 Å². The maximum Gasteiger partial charge on any atom is 0.233 e. The first-order valence-corrected chi connectivity index (χ1v) is 9.52. The smallest absolute Gasteiger partial charge is 0.233 e. The summed E-state index contributed by atoms with van der Waals surface area (Å²) in [5.74, 6) is 2.22. The summed E-state index contributed by atoms with van der Waals surface area (Å²) in [5.41, 5.74) is 1.10. The molecular formula is C18H27ClN2O3S. The van der Waals surface area contributed by atoms with Crippen LogP contribution in [0.3, 0.4) is 0 Å². The fourth-order valence-electron chi connectivity index (χ4n) is 3.61. The zero-order chi connectivity index (χ0) is 17.1. The lowest BCUT2D eigenvalue weighted by molar-refractivity contribution is -0.128. The van der Waals surface area contributed by atoms with Gasteiger partial charge in [0.2, 0.25) is 5.91 Å². The third kappa shape index (κ3) is 4.36. The highest BCUT2D eigenvalue weighted by Crippen LogP contribution is 2.41. The Bertz CT molecular complexity index is 602. The van der Waals surface area contributed by atoms with Crippen LogP contribution in [0.4, 0.5) is 0 Å². The molecule has 2 heterocycles. The second-order valence-corrected chi connectivity index (χ2v) is 7.50. The number of amides is 1. The average Bonchev–Trinajstić information content (AvgIpc) is 3.17. The van der Waals surface area contributed by atoms with Crippen molar-refractivity contribution in [2.45, 2.75) is 30.7 Å². The summed E-state index contributed by atoms with van der Waals surface area (Å²) < 4.78 is 10.7. The maximum absolute atomic E-state index is 12.4. The quantitative estimate of drug-likeness (QED) is 0.751. The van der Waals surface area contributed by atoms with Gasteiger partial charge in [0.15, 0.2) is 11.5 Å². The Hall–Kier alpha value is -1.11. The van der Waals surface area contributed by atoms with Gasteiger partial charge in [-0.2, -0.15) is 0 Å². The van der Waals surface area contributed by atoms with Crippen molar-refractivity contribution in [3.63, 3.8) is 0 Å². The molecule has 2 aliphatic rings. The molecule has 3 rings (SSSR count). The highest BCUT2D eigenvalue weighted by Gasteiger charge is 2.34. The topological polar surface area (TPSA) is 42.0 Å². The minimum atomic E-state index is 0. The Kier molecular flexibility index (Phi) is 7.28. The first-order valence-electron chi connectivity index (χ1n) is 8.47. The molecule has 0 aromatic heterocycles. The van der Waals surface area contributed by atoms with E-state index in [4.69, 9.17) is 9.47 Å². The molecule has 2 atom stereocenters. The van der Waals surface area contributed by atoms with Crippen molar-refractivity contribution in [3.8, 4) is 11.5 Å². The number of ether oxygens (including phenoxy) is 2. The van der Waals surface area contributed by atoms with Gasteiger partial charge >= 0.3 is 0 Å². The van der Waals surface area contributed by atoms with Crippen molar-refractivity contribution in [2.75, 3.05) is 40.1 Å². The van der Waals surface area contributed by atoms with E-state index in [0.717, 1.165) is 24.3 Å². The summed E-state index contributed by atoms with van der Waals surface area (Å²) in [5, 5.41) is 0.0732. The van der Waals surface area contributed by atoms with E-state index in [1.807, 2.05) is 23.1 Å². The molecule has 7 heteroatoms. The first-order chi connectivity index (χ1) is 11.6. The van der Waals surface area contributed by atoms with Crippen molar-refractivity contribution in [1.29, 1.82) is 0 Å². The molecule has 0 N–H and O–H groups in total. The Labute approximate surface area is 160 Å². The first kappa shape index (κ1) is 20.2. The van der Waals surface area contributed by atoms with Crippen molar-refractivity contribution in [3.05, 3.63) is 23.8 Å². The van der Waals surface area contributed by atoms with Crippen molar-refractivity contribution < 1.29 is 14.3 Å². The molecule has 2 unspecified atom stereocenters. The summed E-state index contributed by atoms with van der Waals surface area (Å²) in [4.78, 5) is 16.8. The number of benzene rings is 1. The lowest BCUT2D eigenvalue weighted by Gasteiger charge is -2.27. The molecule has 2 saturated heterocycles. The van der Waals surface area contributed by atoms with E-state index in [9.17, 15) is 4.79 Å². The summed E-state index contributed by atoms with van der Waals surface area (Å²) in [7, 11) is 5.46. The van der Waals surface area contributed by atoms with Crippen LogP contribution in [0.25, 0.3) is 0 Å². The molecule has 2 fully saturated rings. The molecule has 0 aliphatic carbocycles. The fraction of sp³-hybridized carbons (Fsp3) is 0.611. The normalized spacial score (nSPS) is 23.6. The molecular weight excluding hydrogens is 360 g/mol. The van der Waals surface area contributed by atoms with E-state index in [-0.39, 0.29) is 23.7 Å². The Morgan fingerprint density at radius 1 is 1.24 bits per heavy atom. The summed E-state index contributed by atoms with van der Waals surface area (Å²) in [6.07, 6.45) is 3.56. The average molecular weight is 387 g/mol. The number of halogens is 1. The second-order valence-electron chi connectivity index (χ2n) is 6.43. The van der Waals surface area contributed by atoms with Crippen LogP contribution in [-0.2, 0) is 4.79 Å². The number of likely N-dealkylation sites (tertiary alicyclic amines) is 1. The van der Waals surface area contributed by atoms with Gasteiger partial charge in [-0.15, -0.1) is 24.2 Å². The summed E-state index contributed by atoms with van der Waals surface area (Å²) in [6.45, 7) is 1.99. The van der Waals surface area contributed by atoms with E-state index in [1.54, 1.807) is 26.0 Å². The molecule has 0 saturated carbocycles. The lowest BCUT2D eigenvalue weighted by Crippen LogP contribution is -2.34. The van der Waals surface area contributed by atoms with Gasteiger partial charge in [0.05, 0.1) is 20.0 Å². The minimum absolute atomic E-state index is 0. The molecule has 0 spiro atoms. The van der Waals surface area contributed by atoms with Crippen LogP contribution in [0, 0.1) is 0 Å². The van der Waals surface area contributed by atoms with Crippen LogP contribution < -0.4 is 9.47 Å².